The fourth-order valence-corrected chi connectivity index (χ4v) is 3.72. The molecule has 0 aliphatic carbocycles. The Hall–Kier alpha value is -3.66. The molecule has 4 rings (SSSR count). The molecule has 0 aliphatic heterocycles. The van der Waals surface area contributed by atoms with E-state index in [-0.39, 0.29) is 12.5 Å². The van der Waals surface area contributed by atoms with Crippen LogP contribution in [0.2, 0.25) is 0 Å². The monoisotopic (exact) mass is 396 g/mol. The van der Waals surface area contributed by atoms with Crippen molar-refractivity contribution in [2.75, 3.05) is 11.9 Å². The van der Waals surface area contributed by atoms with Gasteiger partial charge in [0.25, 0.3) is 5.91 Å². The van der Waals surface area contributed by atoms with Gasteiger partial charge in [-0.15, -0.1) is 0 Å². The van der Waals surface area contributed by atoms with Crippen molar-refractivity contribution >= 4 is 22.5 Å². The molecular weight excluding hydrogens is 372 g/mol. The van der Waals surface area contributed by atoms with E-state index in [9.17, 15) is 4.79 Å². The Balaban J connectivity index is 1.59. The molecule has 0 fully saturated rings. The summed E-state index contributed by atoms with van der Waals surface area (Å²) in [4.78, 5) is 17.4. The number of pyridine rings is 1. The maximum atomic E-state index is 12.6. The zero-order chi connectivity index (χ0) is 21.1. The summed E-state index contributed by atoms with van der Waals surface area (Å²) in [6.07, 6.45) is 0. The predicted octanol–water partition coefficient (Wildman–Crippen LogP) is 5.84. The SMILES string of the molecule is Cc1cc(C)c(NC(=O)COc2cc(-c3ccccc3)nc3ccccc23)c(C)c1. The molecule has 1 N–H and O–H groups in total. The van der Waals surface area contributed by atoms with Crippen molar-refractivity contribution in [2.45, 2.75) is 20.8 Å². The van der Waals surface area contributed by atoms with Gasteiger partial charge in [0, 0.05) is 22.7 Å². The quantitative estimate of drug-likeness (QED) is 0.461. The molecule has 0 aliphatic rings. The summed E-state index contributed by atoms with van der Waals surface area (Å²) >= 11 is 0. The van der Waals surface area contributed by atoms with Gasteiger partial charge in [-0.05, 0) is 44.0 Å². The molecule has 30 heavy (non-hydrogen) atoms. The Labute approximate surface area is 176 Å². The molecule has 0 saturated carbocycles. The molecular formula is C26H24N2O2. The van der Waals surface area contributed by atoms with Crippen LogP contribution in [-0.2, 0) is 4.79 Å². The number of ether oxygens (including phenoxy) is 1. The van der Waals surface area contributed by atoms with Gasteiger partial charge in [0.2, 0.25) is 0 Å². The number of aryl methyl sites for hydroxylation is 3. The van der Waals surface area contributed by atoms with Crippen LogP contribution in [0.1, 0.15) is 16.7 Å². The first-order chi connectivity index (χ1) is 14.5. The molecule has 0 spiro atoms. The smallest absolute Gasteiger partial charge is 0.262 e. The second-order valence-corrected chi connectivity index (χ2v) is 7.50. The zero-order valence-corrected chi connectivity index (χ0v) is 17.4. The minimum atomic E-state index is -0.188. The van der Waals surface area contributed by atoms with E-state index in [1.54, 1.807) is 0 Å². The third-order valence-electron chi connectivity index (χ3n) is 5.05. The molecule has 4 heteroatoms. The van der Waals surface area contributed by atoms with Crippen LogP contribution in [0.3, 0.4) is 0 Å². The van der Waals surface area contributed by atoms with E-state index in [4.69, 9.17) is 9.72 Å². The first-order valence-electron chi connectivity index (χ1n) is 9.97. The number of hydrogen-bond donors (Lipinski definition) is 1. The van der Waals surface area contributed by atoms with Crippen LogP contribution in [0.25, 0.3) is 22.2 Å². The number of benzene rings is 3. The number of amides is 1. The highest BCUT2D eigenvalue weighted by atomic mass is 16.5. The summed E-state index contributed by atoms with van der Waals surface area (Å²) in [5, 5.41) is 3.87. The van der Waals surface area contributed by atoms with Crippen LogP contribution in [0.15, 0.2) is 72.8 Å². The normalized spacial score (nSPS) is 10.8. The van der Waals surface area contributed by atoms with Crippen LogP contribution in [-0.4, -0.2) is 17.5 Å². The number of hydrogen-bond acceptors (Lipinski definition) is 3. The van der Waals surface area contributed by atoms with E-state index in [1.807, 2.05) is 81.4 Å². The number of carbonyl (C=O) groups is 1. The molecule has 150 valence electrons. The summed E-state index contributed by atoms with van der Waals surface area (Å²) in [5.41, 5.74) is 6.76. The Morgan fingerprint density at radius 2 is 1.57 bits per heavy atom. The molecule has 0 atom stereocenters. The minimum absolute atomic E-state index is 0.0744. The van der Waals surface area contributed by atoms with Crippen LogP contribution in [0.4, 0.5) is 5.69 Å². The highest BCUT2D eigenvalue weighted by Gasteiger charge is 2.12. The van der Waals surface area contributed by atoms with Gasteiger partial charge in [0.05, 0.1) is 11.2 Å². The second-order valence-electron chi connectivity index (χ2n) is 7.50. The summed E-state index contributed by atoms with van der Waals surface area (Å²) in [5.74, 6) is 0.458. The fraction of sp³-hybridized carbons (Fsp3) is 0.154. The van der Waals surface area contributed by atoms with Gasteiger partial charge in [0.1, 0.15) is 5.75 Å². The van der Waals surface area contributed by atoms with Crippen molar-refractivity contribution in [3.05, 3.63) is 89.5 Å². The van der Waals surface area contributed by atoms with Gasteiger partial charge >= 0.3 is 0 Å². The number of aromatic nitrogens is 1. The maximum absolute atomic E-state index is 12.6. The Morgan fingerprint density at radius 1 is 0.900 bits per heavy atom. The van der Waals surface area contributed by atoms with E-state index in [0.717, 1.165) is 39.0 Å². The molecule has 4 aromatic rings. The van der Waals surface area contributed by atoms with Gasteiger partial charge in [-0.25, -0.2) is 4.98 Å². The van der Waals surface area contributed by atoms with E-state index >= 15 is 0 Å². The third-order valence-corrected chi connectivity index (χ3v) is 5.05. The van der Waals surface area contributed by atoms with Crippen LogP contribution < -0.4 is 10.1 Å². The highest BCUT2D eigenvalue weighted by Crippen LogP contribution is 2.30. The molecule has 0 saturated heterocycles. The van der Waals surface area contributed by atoms with Crippen molar-refractivity contribution in [1.82, 2.24) is 4.98 Å². The van der Waals surface area contributed by atoms with Crippen LogP contribution in [0, 0.1) is 20.8 Å². The van der Waals surface area contributed by atoms with E-state index in [0.29, 0.717) is 5.75 Å². The molecule has 1 aromatic heterocycles. The number of nitrogens with zero attached hydrogens (tertiary/aromatic N) is 1. The molecule has 0 radical (unpaired) electrons. The Kier molecular flexibility index (Phi) is 5.48. The lowest BCUT2D eigenvalue weighted by Crippen LogP contribution is -2.21. The van der Waals surface area contributed by atoms with Crippen molar-refractivity contribution in [3.63, 3.8) is 0 Å². The van der Waals surface area contributed by atoms with Gasteiger partial charge in [0.15, 0.2) is 6.61 Å². The maximum Gasteiger partial charge on any atom is 0.262 e. The highest BCUT2D eigenvalue weighted by molar-refractivity contribution is 5.94. The molecule has 1 heterocycles. The van der Waals surface area contributed by atoms with Crippen molar-refractivity contribution in [3.8, 4) is 17.0 Å². The molecule has 1 amide bonds. The first kappa shape index (κ1) is 19.6. The number of rotatable bonds is 5. The third kappa shape index (κ3) is 4.18. The van der Waals surface area contributed by atoms with Crippen LogP contribution >= 0.6 is 0 Å². The van der Waals surface area contributed by atoms with Gasteiger partial charge in [-0.3, -0.25) is 4.79 Å². The minimum Gasteiger partial charge on any atom is -0.483 e. The number of carbonyl (C=O) groups excluding carboxylic acids is 1. The van der Waals surface area contributed by atoms with E-state index in [1.165, 1.54) is 5.56 Å². The standard InChI is InChI=1S/C26H24N2O2/c1-17-13-18(2)26(19(3)14-17)28-25(29)16-30-24-15-23(20-9-5-4-6-10-20)27-22-12-8-7-11-21(22)24/h4-15H,16H2,1-3H3,(H,28,29). The summed E-state index contributed by atoms with van der Waals surface area (Å²) < 4.78 is 5.97. The van der Waals surface area contributed by atoms with Crippen molar-refractivity contribution < 1.29 is 9.53 Å². The summed E-state index contributed by atoms with van der Waals surface area (Å²) in [7, 11) is 0. The van der Waals surface area contributed by atoms with Gasteiger partial charge in [-0.1, -0.05) is 60.2 Å². The second kappa shape index (κ2) is 8.37. The van der Waals surface area contributed by atoms with E-state index in [2.05, 4.69) is 17.4 Å². The van der Waals surface area contributed by atoms with E-state index < -0.39 is 0 Å². The molecule has 3 aromatic carbocycles. The van der Waals surface area contributed by atoms with Gasteiger partial charge < -0.3 is 10.1 Å². The Bertz CT molecular complexity index is 1190. The van der Waals surface area contributed by atoms with Crippen molar-refractivity contribution in [2.24, 2.45) is 0 Å². The van der Waals surface area contributed by atoms with Crippen molar-refractivity contribution in [1.29, 1.82) is 0 Å². The average molecular weight is 396 g/mol. The molecule has 4 nitrogen and oxygen atoms in total. The topological polar surface area (TPSA) is 51.2 Å². The lowest BCUT2D eigenvalue weighted by atomic mass is 10.1. The van der Waals surface area contributed by atoms with Gasteiger partial charge in [-0.2, -0.15) is 0 Å². The summed E-state index contributed by atoms with van der Waals surface area (Å²) in [6, 6.07) is 23.8. The zero-order valence-electron chi connectivity index (χ0n) is 17.4. The predicted molar refractivity (Wildman–Crippen MR) is 122 cm³/mol. The fourth-order valence-electron chi connectivity index (χ4n) is 3.72. The lowest BCUT2D eigenvalue weighted by molar-refractivity contribution is -0.118. The number of fused-ring (bicyclic) bond motifs is 1. The molecule has 0 bridgehead atoms. The molecule has 0 unspecified atom stereocenters. The average Bonchev–Trinajstić information content (AvgIpc) is 2.75. The van der Waals surface area contributed by atoms with Crippen LogP contribution in [0.5, 0.6) is 5.75 Å². The first-order valence-corrected chi connectivity index (χ1v) is 9.97. The Morgan fingerprint density at radius 3 is 2.30 bits per heavy atom. The lowest BCUT2D eigenvalue weighted by Gasteiger charge is -2.14. The number of anilines is 1. The number of nitrogens with one attached hydrogen (secondary N) is 1. The number of para-hydroxylation sites is 1. The largest absolute Gasteiger partial charge is 0.483 e. The summed E-state index contributed by atoms with van der Waals surface area (Å²) in [6.45, 7) is 5.97.